The molecule has 0 atom stereocenters. The van der Waals surface area contributed by atoms with Crippen molar-refractivity contribution in [3.05, 3.63) is 41.0 Å². The maximum Gasteiger partial charge on any atom is 0.257 e. The lowest BCUT2D eigenvalue weighted by atomic mass is 10.2. The summed E-state index contributed by atoms with van der Waals surface area (Å²) in [7, 11) is 0. The molecule has 0 aliphatic rings. The van der Waals surface area contributed by atoms with Crippen LogP contribution in [-0.2, 0) is 4.79 Å². The molecule has 8 heteroatoms. The smallest absolute Gasteiger partial charge is 0.257 e. The van der Waals surface area contributed by atoms with E-state index >= 15 is 0 Å². The van der Waals surface area contributed by atoms with Crippen molar-refractivity contribution in [2.75, 3.05) is 11.5 Å². The number of thiazole rings is 1. The zero-order valence-corrected chi connectivity index (χ0v) is 12.5. The van der Waals surface area contributed by atoms with E-state index in [4.69, 9.17) is 17.3 Å². The third-order valence-corrected chi connectivity index (χ3v) is 4.48. The van der Waals surface area contributed by atoms with Crippen molar-refractivity contribution in [3.8, 4) is 0 Å². The number of anilines is 1. The molecule has 0 saturated heterocycles. The Morgan fingerprint density at radius 3 is 2.65 bits per heavy atom. The summed E-state index contributed by atoms with van der Waals surface area (Å²) >= 11 is 8.30. The minimum absolute atomic E-state index is 0.126. The summed E-state index contributed by atoms with van der Waals surface area (Å²) in [6, 6.07) is 6.30. The lowest BCUT2D eigenvalue weighted by Gasteiger charge is -2.03. The minimum Gasteiger partial charge on any atom is -0.375 e. The van der Waals surface area contributed by atoms with Gasteiger partial charge in [-0.1, -0.05) is 22.9 Å². The van der Waals surface area contributed by atoms with E-state index in [2.05, 4.69) is 10.3 Å². The second-order valence-corrected chi connectivity index (χ2v) is 6.46. The zero-order valence-electron chi connectivity index (χ0n) is 10.1. The van der Waals surface area contributed by atoms with E-state index in [1.54, 1.807) is 30.5 Å². The normalized spacial score (nSPS) is 10.2. The topological polar surface area (TPSA) is 85.1 Å². The molecule has 0 saturated carbocycles. The molecule has 104 valence electrons. The lowest BCUT2D eigenvalue weighted by molar-refractivity contribution is -0.117. The highest BCUT2D eigenvalue weighted by Gasteiger charge is 2.11. The van der Waals surface area contributed by atoms with Crippen molar-refractivity contribution in [2.45, 2.75) is 4.21 Å². The number of hydrogen-bond donors (Lipinski definition) is 2. The van der Waals surface area contributed by atoms with Gasteiger partial charge in [0.1, 0.15) is 0 Å². The van der Waals surface area contributed by atoms with E-state index in [9.17, 15) is 9.59 Å². The molecule has 0 aliphatic heterocycles. The second kappa shape index (κ2) is 6.74. The number of carbonyl (C=O) groups excluding carboxylic acids is 2. The molecule has 20 heavy (non-hydrogen) atoms. The quantitative estimate of drug-likeness (QED) is 0.842. The summed E-state index contributed by atoms with van der Waals surface area (Å²) in [5.41, 5.74) is 5.87. The number of thioether (sulfide) groups is 1. The van der Waals surface area contributed by atoms with Crippen molar-refractivity contribution >= 4 is 51.6 Å². The Bertz CT molecular complexity index is 628. The van der Waals surface area contributed by atoms with Crippen molar-refractivity contribution in [2.24, 2.45) is 0 Å². The maximum absolute atomic E-state index is 11.8. The first-order chi connectivity index (χ1) is 9.54. The number of rotatable bonds is 4. The largest absolute Gasteiger partial charge is 0.375 e. The first-order valence-electron chi connectivity index (χ1n) is 5.48. The summed E-state index contributed by atoms with van der Waals surface area (Å²) in [4.78, 5) is 27.3. The molecule has 3 N–H and O–H groups in total. The number of nitrogen functional groups attached to an aromatic ring is 1. The van der Waals surface area contributed by atoms with Gasteiger partial charge in [0.05, 0.1) is 16.2 Å². The molecule has 0 aliphatic carbocycles. The summed E-state index contributed by atoms with van der Waals surface area (Å²) in [5, 5.41) is 3.29. The van der Waals surface area contributed by atoms with Crippen molar-refractivity contribution in [1.82, 2.24) is 10.3 Å². The Morgan fingerprint density at radius 1 is 1.35 bits per heavy atom. The van der Waals surface area contributed by atoms with Crippen molar-refractivity contribution < 1.29 is 9.59 Å². The summed E-state index contributed by atoms with van der Waals surface area (Å²) < 4.78 is 0.830. The van der Waals surface area contributed by atoms with Gasteiger partial charge < -0.3 is 5.73 Å². The van der Waals surface area contributed by atoms with Gasteiger partial charge in [0.15, 0.2) is 5.13 Å². The van der Waals surface area contributed by atoms with Gasteiger partial charge in [0.25, 0.3) is 5.91 Å². The van der Waals surface area contributed by atoms with E-state index in [0.29, 0.717) is 15.7 Å². The van der Waals surface area contributed by atoms with E-state index in [1.807, 2.05) is 0 Å². The van der Waals surface area contributed by atoms with Crippen molar-refractivity contribution in [3.63, 3.8) is 0 Å². The fourth-order valence-electron chi connectivity index (χ4n) is 1.31. The predicted molar refractivity (Wildman–Crippen MR) is 81.2 cm³/mol. The minimum atomic E-state index is -0.448. The molecule has 0 fully saturated rings. The van der Waals surface area contributed by atoms with Crippen LogP contribution in [0.3, 0.4) is 0 Å². The van der Waals surface area contributed by atoms with Gasteiger partial charge in [-0.3, -0.25) is 14.9 Å². The van der Waals surface area contributed by atoms with Crippen LogP contribution in [0.15, 0.2) is 34.7 Å². The first-order valence-corrected chi connectivity index (χ1v) is 7.66. The van der Waals surface area contributed by atoms with E-state index in [0.717, 1.165) is 4.21 Å². The molecule has 0 unspecified atom stereocenters. The number of benzene rings is 1. The molecule has 2 aromatic rings. The van der Waals surface area contributed by atoms with E-state index in [-0.39, 0.29) is 11.7 Å². The Labute approximate surface area is 128 Å². The van der Waals surface area contributed by atoms with Gasteiger partial charge in [-0.15, -0.1) is 11.8 Å². The highest BCUT2D eigenvalue weighted by molar-refractivity contribution is 8.01. The SMILES string of the molecule is Nc1ncc(SCC(=O)NC(=O)c2ccc(Cl)cc2)s1. The Kier molecular flexibility index (Phi) is 4.99. The van der Waals surface area contributed by atoms with Crippen LogP contribution in [-0.4, -0.2) is 22.6 Å². The predicted octanol–water partition coefficient (Wildman–Crippen LogP) is 2.43. The van der Waals surface area contributed by atoms with Gasteiger partial charge in [-0.2, -0.15) is 0 Å². The fourth-order valence-corrected chi connectivity index (χ4v) is 3.00. The number of amides is 2. The monoisotopic (exact) mass is 327 g/mol. The van der Waals surface area contributed by atoms with Gasteiger partial charge in [0, 0.05) is 10.6 Å². The molecular weight excluding hydrogens is 318 g/mol. The molecule has 5 nitrogen and oxygen atoms in total. The number of halogens is 1. The van der Waals surface area contributed by atoms with E-state index in [1.165, 1.54) is 23.1 Å². The maximum atomic E-state index is 11.8. The second-order valence-electron chi connectivity index (χ2n) is 3.69. The Balaban J connectivity index is 1.85. The highest BCUT2D eigenvalue weighted by Crippen LogP contribution is 2.25. The Hall–Kier alpha value is -1.57. The molecule has 1 aromatic carbocycles. The van der Waals surface area contributed by atoms with Crippen LogP contribution in [0, 0.1) is 0 Å². The lowest BCUT2D eigenvalue weighted by Crippen LogP contribution is -2.31. The van der Waals surface area contributed by atoms with Gasteiger partial charge >= 0.3 is 0 Å². The first kappa shape index (κ1) is 14.8. The highest BCUT2D eigenvalue weighted by atomic mass is 35.5. The van der Waals surface area contributed by atoms with Crippen LogP contribution in [0.5, 0.6) is 0 Å². The number of nitrogens with one attached hydrogen (secondary N) is 1. The number of hydrogen-bond acceptors (Lipinski definition) is 6. The average Bonchev–Trinajstić information content (AvgIpc) is 2.83. The molecular formula is C12H10ClN3O2S2. The molecule has 0 radical (unpaired) electrons. The van der Waals surface area contributed by atoms with Crippen LogP contribution in [0.4, 0.5) is 5.13 Å². The van der Waals surface area contributed by atoms with Crippen LogP contribution >= 0.6 is 34.7 Å². The number of aromatic nitrogens is 1. The number of imide groups is 1. The molecule has 1 heterocycles. The molecule has 2 rings (SSSR count). The zero-order chi connectivity index (χ0) is 14.5. The van der Waals surface area contributed by atoms with Gasteiger partial charge in [-0.25, -0.2) is 4.98 Å². The standard InChI is InChI=1S/C12H10ClN3O2S2/c13-8-3-1-7(2-4-8)11(18)16-9(17)6-19-10-5-15-12(14)20-10/h1-5H,6H2,(H2,14,15)(H,16,17,18). The summed E-state index contributed by atoms with van der Waals surface area (Å²) in [6.07, 6.45) is 1.60. The fraction of sp³-hybridized carbons (Fsp3) is 0.0833. The Morgan fingerprint density at radius 2 is 2.05 bits per heavy atom. The molecule has 1 aromatic heterocycles. The summed E-state index contributed by atoms with van der Waals surface area (Å²) in [5.74, 6) is -0.695. The molecule has 2 amide bonds. The average molecular weight is 328 g/mol. The van der Waals surface area contributed by atoms with Gasteiger partial charge in [-0.05, 0) is 24.3 Å². The van der Waals surface area contributed by atoms with Crippen LogP contribution in [0.1, 0.15) is 10.4 Å². The molecule has 0 spiro atoms. The van der Waals surface area contributed by atoms with Crippen molar-refractivity contribution in [1.29, 1.82) is 0 Å². The number of nitrogens with two attached hydrogens (primary N) is 1. The third-order valence-electron chi connectivity index (χ3n) is 2.21. The van der Waals surface area contributed by atoms with Crippen LogP contribution in [0.25, 0.3) is 0 Å². The number of carbonyl (C=O) groups is 2. The molecule has 0 bridgehead atoms. The number of nitrogens with zero attached hydrogens (tertiary/aromatic N) is 1. The van der Waals surface area contributed by atoms with Gasteiger partial charge in [0.2, 0.25) is 5.91 Å². The van der Waals surface area contributed by atoms with Crippen LogP contribution in [0.2, 0.25) is 5.02 Å². The van der Waals surface area contributed by atoms with E-state index < -0.39 is 5.91 Å². The summed E-state index contributed by atoms with van der Waals surface area (Å²) in [6.45, 7) is 0. The third kappa shape index (κ3) is 4.22. The van der Waals surface area contributed by atoms with Crippen LogP contribution < -0.4 is 11.1 Å².